The molecule has 0 aliphatic heterocycles. The molecule has 1 aliphatic rings. The maximum absolute atomic E-state index is 3.75. The number of rotatable bonds is 4. The molecule has 0 bridgehead atoms. The van der Waals surface area contributed by atoms with Crippen LogP contribution in [0.3, 0.4) is 0 Å². The highest BCUT2D eigenvalue weighted by Crippen LogP contribution is 2.31. The van der Waals surface area contributed by atoms with Gasteiger partial charge in [0.25, 0.3) is 0 Å². The van der Waals surface area contributed by atoms with Gasteiger partial charge >= 0.3 is 0 Å². The fraction of sp³-hybridized carbons (Fsp3) is 0.625. The first-order valence-electron chi connectivity index (χ1n) is 7.02. The molecular weight excluding hydrogens is 206 g/mol. The monoisotopic (exact) mass is 231 g/mol. The van der Waals surface area contributed by atoms with Crippen LogP contribution in [-0.2, 0) is 13.0 Å². The van der Waals surface area contributed by atoms with E-state index in [1.54, 1.807) is 0 Å². The van der Waals surface area contributed by atoms with Crippen molar-refractivity contribution >= 4 is 0 Å². The Balaban J connectivity index is 1.94. The fourth-order valence-corrected chi connectivity index (χ4v) is 2.97. The average Bonchev–Trinajstić information content (AvgIpc) is 2.68. The van der Waals surface area contributed by atoms with Gasteiger partial charge in [-0.25, -0.2) is 0 Å². The number of benzene rings is 1. The van der Waals surface area contributed by atoms with Crippen molar-refractivity contribution < 1.29 is 0 Å². The van der Waals surface area contributed by atoms with Crippen LogP contribution in [0.4, 0.5) is 0 Å². The summed E-state index contributed by atoms with van der Waals surface area (Å²) in [5.41, 5.74) is 2.96. The van der Waals surface area contributed by atoms with Crippen LogP contribution in [-0.4, -0.2) is 6.04 Å². The molecule has 1 fully saturated rings. The van der Waals surface area contributed by atoms with Crippen molar-refractivity contribution in [3.05, 3.63) is 35.4 Å². The minimum atomic E-state index is 0.718. The van der Waals surface area contributed by atoms with Crippen molar-refractivity contribution in [2.24, 2.45) is 11.8 Å². The van der Waals surface area contributed by atoms with Crippen LogP contribution < -0.4 is 5.32 Å². The van der Waals surface area contributed by atoms with Gasteiger partial charge in [0.15, 0.2) is 0 Å². The average molecular weight is 231 g/mol. The topological polar surface area (TPSA) is 12.0 Å². The SMILES string of the molecule is CCc1ccccc1CNC1CCC(C)C1C. The van der Waals surface area contributed by atoms with Gasteiger partial charge in [-0.1, -0.05) is 45.0 Å². The van der Waals surface area contributed by atoms with E-state index in [9.17, 15) is 0 Å². The summed E-state index contributed by atoms with van der Waals surface area (Å²) in [4.78, 5) is 0. The van der Waals surface area contributed by atoms with Crippen molar-refractivity contribution in [2.75, 3.05) is 0 Å². The second-order valence-corrected chi connectivity index (χ2v) is 5.52. The van der Waals surface area contributed by atoms with E-state index in [2.05, 4.69) is 50.4 Å². The van der Waals surface area contributed by atoms with Gasteiger partial charge in [-0.05, 0) is 42.2 Å². The lowest BCUT2D eigenvalue weighted by molar-refractivity contribution is 0.369. The van der Waals surface area contributed by atoms with Crippen LogP contribution in [0.1, 0.15) is 44.7 Å². The Morgan fingerprint density at radius 3 is 2.41 bits per heavy atom. The zero-order valence-electron chi connectivity index (χ0n) is 11.4. The molecule has 1 saturated carbocycles. The number of aryl methyl sites for hydroxylation is 1. The molecule has 1 heteroatoms. The lowest BCUT2D eigenvalue weighted by atomic mass is 9.97. The van der Waals surface area contributed by atoms with Crippen LogP contribution in [0.15, 0.2) is 24.3 Å². The molecule has 1 aliphatic carbocycles. The Morgan fingerprint density at radius 2 is 1.82 bits per heavy atom. The van der Waals surface area contributed by atoms with Gasteiger partial charge in [-0.3, -0.25) is 0 Å². The maximum Gasteiger partial charge on any atom is 0.0210 e. The van der Waals surface area contributed by atoms with Gasteiger partial charge in [0, 0.05) is 12.6 Å². The third kappa shape index (κ3) is 2.90. The molecule has 0 spiro atoms. The zero-order valence-corrected chi connectivity index (χ0v) is 11.4. The molecule has 0 saturated heterocycles. The van der Waals surface area contributed by atoms with E-state index < -0.39 is 0 Å². The predicted octanol–water partition coefficient (Wildman–Crippen LogP) is 3.77. The van der Waals surface area contributed by atoms with Gasteiger partial charge in [-0.2, -0.15) is 0 Å². The molecule has 0 amide bonds. The molecule has 17 heavy (non-hydrogen) atoms. The molecule has 1 aromatic rings. The highest BCUT2D eigenvalue weighted by molar-refractivity contribution is 5.26. The largest absolute Gasteiger partial charge is 0.310 e. The van der Waals surface area contributed by atoms with E-state index in [1.807, 2.05) is 0 Å². The van der Waals surface area contributed by atoms with Crippen LogP contribution in [0.2, 0.25) is 0 Å². The lowest BCUT2D eigenvalue weighted by Crippen LogP contribution is -2.32. The van der Waals surface area contributed by atoms with Gasteiger partial charge in [0.2, 0.25) is 0 Å². The lowest BCUT2D eigenvalue weighted by Gasteiger charge is -2.20. The van der Waals surface area contributed by atoms with Crippen molar-refractivity contribution in [2.45, 2.75) is 52.6 Å². The summed E-state index contributed by atoms with van der Waals surface area (Å²) in [7, 11) is 0. The smallest absolute Gasteiger partial charge is 0.0210 e. The van der Waals surface area contributed by atoms with E-state index in [4.69, 9.17) is 0 Å². The molecule has 0 radical (unpaired) electrons. The minimum Gasteiger partial charge on any atom is -0.310 e. The van der Waals surface area contributed by atoms with Crippen LogP contribution in [0.25, 0.3) is 0 Å². The first kappa shape index (κ1) is 12.6. The molecular formula is C16H25N. The number of hydrogen-bond acceptors (Lipinski definition) is 1. The molecule has 1 aromatic carbocycles. The molecule has 3 unspecified atom stereocenters. The third-order valence-corrected chi connectivity index (χ3v) is 4.52. The van der Waals surface area contributed by atoms with Crippen LogP contribution >= 0.6 is 0 Å². The molecule has 2 rings (SSSR count). The Labute approximate surface area is 106 Å². The normalized spacial score (nSPS) is 28.5. The Bertz CT molecular complexity index is 358. The quantitative estimate of drug-likeness (QED) is 0.831. The Kier molecular flexibility index (Phi) is 4.22. The summed E-state index contributed by atoms with van der Waals surface area (Å²) in [5, 5.41) is 3.75. The minimum absolute atomic E-state index is 0.718. The van der Waals surface area contributed by atoms with Crippen molar-refractivity contribution in [3.63, 3.8) is 0 Å². The second-order valence-electron chi connectivity index (χ2n) is 5.52. The van der Waals surface area contributed by atoms with Crippen LogP contribution in [0.5, 0.6) is 0 Å². The molecule has 1 N–H and O–H groups in total. The third-order valence-electron chi connectivity index (χ3n) is 4.52. The van der Waals surface area contributed by atoms with E-state index in [0.717, 1.165) is 30.8 Å². The summed E-state index contributed by atoms with van der Waals surface area (Å²) in [6.07, 6.45) is 3.86. The van der Waals surface area contributed by atoms with Gasteiger partial charge in [0.1, 0.15) is 0 Å². The molecule has 94 valence electrons. The zero-order chi connectivity index (χ0) is 12.3. The number of hydrogen-bond donors (Lipinski definition) is 1. The predicted molar refractivity (Wildman–Crippen MR) is 74.0 cm³/mol. The molecule has 1 nitrogen and oxygen atoms in total. The summed E-state index contributed by atoms with van der Waals surface area (Å²) in [5.74, 6) is 1.71. The van der Waals surface area contributed by atoms with Gasteiger partial charge in [0.05, 0.1) is 0 Å². The number of nitrogens with one attached hydrogen (secondary N) is 1. The Morgan fingerprint density at radius 1 is 1.12 bits per heavy atom. The Hall–Kier alpha value is -0.820. The molecule has 0 aromatic heterocycles. The van der Waals surface area contributed by atoms with Gasteiger partial charge in [-0.15, -0.1) is 0 Å². The molecule has 3 atom stereocenters. The van der Waals surface area contributed by atoms with Crippen molar-refractivity contribution in [1.29, 1.82) is 0 Å². The molecule has 0 heterocycles. The van der Waals surface area contributed by atoms with E-state index in [0.29, 0.717) is 0 Å². The summed E-state index contributed by atoms with van der Waals surface area (Å²) < 4.78 is 0. The van der Waals surface area contributed by atoms with Crippen molar-refractivity contribution in [3.8, 4) is 0 Å². The van der Waals surface area contributed by atoms with Crippen LogP contribution in [0, 0.1) is 11.8 Å². The second kappa shape index (κ2) is 5.68. The first-order valence-corrected chi connectivity index (χ1v) is 7.02. The summed E-state index contributed by atoms with van der Waals surface area (Å²) >= 11 is 0. The van der Waals surface area contributed by atoms with E-state index in [1.165, 1.54) is 24.0 Å². The van der Waals surface area contributed by atoms with Gasteiger partial charge < -0.3 is 5.32 Å². The highest BCUT2D eigenvalue weighted by Gasteiger charge is 2.28. The standard InChI is InChI=1S/C16H25N/c1-4-14-7-5-6-8-15(14)11-17-16-10-9-12(2)13(16)3/h5-8,12-13,16-17H,4,9-11H2,1-3H3. The first-order chi connectivity index (χ1) is 8.22. The highest BCUT2D eigenvalue weighted by atomic mass is 14.9. The van der Waals surface area contributed by atoms with E-state index >= 15 is 0 Å². The fourth-order valence-electron chi connectivity index (χ4n) is 2.97. The maximum atomic E-state index is 3.75. The summed E-state index contributed by atoms with van der Waals surface area (Å²) in [6, 6.07) is 9.52. The van der Waals surface area contributed by atoms with E-state index in [-0.39, 0.29) is 0 Å². The van der Waals surface area contributed by atoms with Crippen molar-refractivity contribution in [1.82, 2.24) is 5.32 Å². The summed E-state index contributed by atoms with van der Waals surface area (Å²) in [6.45, 7) is 8.04.